The molecule has 0 bridgehead atoms. The lowest BCUT2D eigenvalue weighted by Gasteiger charge is -2.29. The van der Waals surface area contributed by atoms with Gasteiger partial charge < -0.3 is 10.6 Å². The summed E-state index contributed by atoms with van der Waals surface area (Å²) in [5, 5.41) is 6.22. The van der Waals surface area contributed by atoms with Crippen LogP contribution in [0.25, 0.3) is 0 Å². The Morgan fingerprint density at radius 1 is 0.793 bits per heavy atom. The number of hydrogen-bond acceptors (Lipinski definition) is 2. The van der Waals surface area contributed by atoms with Crippen molar-refractivity contribution in [3.63, 3.8) is 0 Å². The monoisotopic (exact) mass is 392 g/mol. The molecule has 2 N–H and O–H groups in total. The quantitative estimate of drug-likeness (QED) is 0.733. The van der Waals surface area contributed by atoms with Gasteiger partial charge in [-0.1, -0.05) is 93.8 Å². The van der Waals surface area contributed by atoms with Crippen molar-refractivity contribution in [1.82, 2.24) is 10.6 Å². The molecule has 4 nitrogen and oxygen atoms in total. The Bertz CT molecular complexity index is 743. The van der Waals surface area contributed by atoms with Gasteiger partial charge in [-0.05, 0) is 29.9 Å². The Morgan fingerprint density at radius 2 is 1.31 bits per heavy atom. The smallest absolute Gasteiger partial charge is 0.243 e. The Morgan fingerprint density at radius 3 is 1.79 bits per heavy atom. The standard InChI is InChI=1S/C25H32N2O2/c1-18(2)23(25(29)26-21-16-10-5-11-17-21)27-24(28)22(19-12-6-3-7-13-19)20-14-8-4-9-15-20/h3-4,6-9,12-15,18,21-23H,5,10-11,16-17H2,1-2H3,(H,26,29)(H,27,28). The van der Waals surface area contributed by atoms with E-state index in [0.717, 1.165) is 36.8 Å². The highest BCUT2D eigenvalue weighted by Crippen LogP contribution is 2.25. The van der Waals surface area contributed by atoms with E-state index >= 15 is 0 Å². The molecule has 1 aliphatic rings. The molecular formula is C25H32N2O2. The maximum atomic E-state index is 13.4. The van der Waals surface area contributed by atoms with Gasteiger partial charge in [-0.25, -0.2) is 0 Å². The van der Waals surface area contributed by atoms with Gasteiger partial charge in [0, 0.05) is 6.04 Å². The fourth-order valence-corrected chi connectivity index (χ4v) is 4.10. The van der Waals surface area contributed by atoms with Crippen molar-refractivity contribution in [3.8, 4) is 0 Å². The number of carbonyl (C=O) groups is 2. The lowest BCUT2D eigenvalue weighted by atomic mass is 9.89. The van der Waals surface area contributed by atoms with Crippen molar-refractivity contribution in [2.75, 3.05) is 0 Å². The molecule has 2 aromatic rings. The summed E-state index contributed by atoms with van der Waals surface area (Å²) < 4.78 is 0. The molecule has 154 valence electrons. The van der Waals surface area contributed by atoms with Crippen molar-refractivity contribution in [3.05, 3.63) is 71.8 Å². The van der Waals surface area contributed by atoms with Crippen LogP contribution in [0.4, 0.5) is 0 Å². The largest absolute Gasteiger partial charge is 0.352 e. The molecule has 29 heavy (non-hydrogen) atoms. The average Bonchev–Trinajstić information content (AvgIpc) is 2.74. The minimum atomic E-state index is -0.542. The summed E-state index contributed by atoms with van der Waals surface area (Å²) in [5.41, 5.74) is 1.85. The minimum absolute atomic E-state index is 0.00902. The molecule has 0 saturated heterocycles. The molecule has 1 aliphatic carbocycles. The predicted octanol–water partition coefficient (Wildman–Crippen LogP) is 4.41. The highest BCUT2D eigenvalue weighted by molar-refractivity contribution is 5.92. The van der Waals surface area contributed by atoms with Crippen LogP contribution in [0.5, 0.6) is 0 Å². The van der Waals surface area contributed by atoms with Crippen molar-refractivity contribution in [2.45, 2.75) is 64.0 Å². The van der Waals surface area contributed by atoms with Crippen LogP contribution in [-0.4, -0.2) is 23.9 Å². The first kappa shape index (κ1) is 21.1. The first-order valence-electron chi connectivity index (χ1n) is 10.8. The molecule has 0 aliphatic heterocycles. The summed E-state index contributed by atoms with van der Waals surface area (Å²) >= 11 is 0. The van der Waals surface area contributed by atoms with E-state index in [9.17, 15) is 9.59 Å². The van der Waals surface area contributed by atoms with E-state index in [1.807, 2.05) is 74.5 Å². The Balaban J connectivity index is 1.78. The van der Waals surface area contributed by atoms with Crippen LogP contribution in [0, 0.1) is 5.92 Å². The van der Waals surface area contributed by atoms with Crippen molar-refractivity contribution < 1.29 is 9.59 Å². The summed E-state index contributed by atoms with van der Waals surface area (Å²) in [4.78, 5) is 26.3. The highest BCUT2D eigenvalue weighted by atomic mass is 16.2. The third-order valence-electron chi connectivity index (χ3n) is 5.73. The number of amides is 2. The lowest BCUT2D eigenvalue weighted by molar-refractivity contribution is -0.130. The molecule has 0 radical (unpaired) electrons. The van der Waals surface area contributed by atoms with Crippen LogP contribution in [0.15, 0.2) is 60.7 Å². The second-order valence-corrected chi connectivity index (χ2v) is 8.33. The summed E-state index contributed by atoms with van der Waals surface area (Å²) in [7, 11) is 0. The molecule has 2 aromatic carbocycles. The van der Waals surface area contributed by atoms with Crippen molar-refractivity contribution >= 4 is 11.8 Å². The van der Waals surface area contributed by atoms with E-state index in [4.69, 9.17) is 0 Å². The van der Waals surface area contributed by atoms with Gasteiger partial charge in [-0.2, -0.15) is 0 Å². The Hall–Kier alpha value is -2.62. The van der Waals surface area contributed by atoms with Gasteiger partial charge in [0.05, 0.1) is 5.92 Å². The van der Waals surface area contributed by atoms with E-state index in [1.165, 1.54) is 6.42 Å². The highest BCUT2D eigenvalue weighted by Gasteiger charge is 2.30. The number of carbonyl (C=O) groups excluding carboxylic acids is 2. The average molecular weight is 393 g/mol. The Labute approximate surface area is 174 Å². The van der Waals surface area contributed by atoms with E-state index in [2.05, 4.69) is 10.6 Å². The van der Waals surface area contributed by atoms with Gasteiger partial charge in [-0.3, -0.25) is 9.59 Å². The maximum absolute atomic E-state index is 13.4. The molecule has 1 unspecified atom stereocenters. The summed E-state index contributed by atoms with van der Waals surface area (Å²) in [6.07, 6.45) is 5.62. The second kappa shape index (κ2) is 10.2. The van der Waals surface area contributed by atoms with E-state index in [-0.39, 0.29) is 23.8 Å². The van der Waals surface area contributed by atoms with Crippen LogP contribution in [0.1, 0.15) is 63.0 Å². The minimum Gasteiger partial charge on any atom is -0.352 e. The zero-order chi connectivity index (χ0) is 20.6. The summed E-state index contributed by atoms with van der Waals surface area (Å²) in [5.74, 6) is -0.643. The molecule has 3 rings (SSSR count). The third-order valence-corrected chi connectivity index (χ3v) is 5.73. The molecule has 0 spiro atoms. The van der Waals surface area contributed by atoms with Crippen molar-refractivity contribution in [1.29, 1.82) is 0 Å². The second-order valence-electron chi connectivity index (χ2n) is 8.33. The fraction of sp³-hybridized carbons (Fsp3) is 0.440. The topological polar surface area (TPSA) is 58.2 Å². The van der Waals surface area contributed by atoms with Gasteiger partial charge >= 0.3 is 0 Å². The van der Waals surface area contributed by atoms with Gasteiger partial charge in [-0.15, -0.1) is 0 Å². The first-order chi connectivity index (χ1) is 14.1. The van der Waals surface area contributed by atoms with Gasteiger partial charge in [0.1, 0.15) is 6.04 Å². The maximum Gasteiger partial charge on any atom is 0.243 e. The van der Waals surface area contributed by atoms with Crippen LogP contribution in [0.3, 0.4) is 0 Å². The van der Waals surface area contributed by atoms with Crippen molar-refractivity contribution in [2.24, 2.45) is 5.92 Å². The molecule has 0 aromatic heterocycles. The van der Waals surface area contributed by atoms with E-state index in [0.29, 0.717) is 0 Å². The lowest BCUT2D eigenvalue weighted by Crippen LogP contribution is -2.53. The Kier molecular flexibility index (Phi) is 7.45. The van der Waals surface area contributed by atoms with Crippen LogP contribution < -0.4 is 10.6 Å². The van der Waals surface area contributed by atoms with Gasteiger partial charge in [0.15, 0.2) is 0 Å². The molecule has 1 saturated carbocycles. The van der Waals surface area contributed by atoms with E-state index in [1.54, 1.807) is 0 Å². The summed E-state index contributed by atoms with van der Waals surface area (Å²) in [6, 6.07) is 19.2. The predicted molar refractivity (Wildman–Crippen MR) is 117 cm³/mol. The number of nitrogens with one attached hydrogen (secondary N) is 2. The molecule has 1 atom stereocenters. The number of rotatable bonds is 7. The van der Waals surface area contributed by atoms with Gasteiger partial charge in [0.25, 0.3) is 0 Å². The number of hydrogen-bond donors (Lipinski definition) is 2. The molecule has 1 fully saturated rings. The molecule has 2 amide bonds. The molecular weight excluding hydrogens is 360 g/mol. The van der Waals surface area contributed by atoms with Crippen LogP contribution in [0.2, 0.25) is 0 Å². The third kappa shape index (κ3) is 5.69. The van der Waals surface area contributed by atoms with E-state index < -0.39 is 12.0 Å². The first-order valence-corrected chi connectivity index (χ1v) is 10.8. The molecule has 0 heterocycles. The number of benzene rings is 2. The fourth-order valence-electron chi connectivity index (χ4n) is 4.10. The zero-order valence-corrected chi connectivity index (χ0v) is 17.4. The van der Waals surface area contributed by atoms with Crippen LogP contribution >= 0.6 is 0 Å². The molecule has 4 heteroatoms. The SMILES string of the molecule is CC(C)C(NC(=O)C(c1ccccc1)c1ccccc1)C(=O)NC1CCCCC1. The van der Waals surface area contributed by atoms with Crippen LogP contribution in [-0.2, 0) is 9.59 Å². The zero-order valence-electron chi connectivity index (χ0n) is 17.4. The summed E-state index contributed by atoms with van der Waals surface area (Å²) in [6.45, 7) is 3.96. The normalized spacial score (nSPS) is 15.9. The van der Waals surface area contributed by atoms with Gasteiger partial charge in [0.2, 0.25) is 11.8 Å².